The Bertz CT molecular complexity index is 1330. The third-order valence-electron chi connectivity index (χ3n) is 5.73. The van der Waals surface area contributed by atoms with Gasteiger partial charge in [0.25, 0.3) is 0 Å². The van der Waals surface area contributed by atoms with Crippen LogP contribution in [0.1, 0.15) is 25.3 Å². The van der Waals surface area contributed by atoms with Crippen molar-refractivity contribution in [2.75, 3.05) is 24.1 Å². The minimum absolute atomic E-state index is 0.00902. The molecule has 1 fully saturated rings. The van der Waals surface area contributed by atoms with Crippen LogP contribution in [0.2, 0.25) is 5.02 Å². The molecule has 2 heterocycles. The van der Waals surface area contributed by atoms with Gasteiger partial charge in [0.1, 0.15) is 0 Å². The topological polar surface area (TPSA) is 137 Å². The molecule has 5 N–H and O–H groups in total. The van der Waals surface area contributed by atoms with Gasteiger partial charge in [-0.3, -0.25) is 0 Å². The van der Waals surface area contributed by atoms with Gasteiger partial charge in [-0.2, -0.15) is 22.5 Å². The van der Waals surface area contributed by atoms with Crippen molar-refractivity contribution in [1.29, 1.82) is 0 Å². The molecule has 14 heteroatoms. The molecule has 188 valence electrons. The minimum Gasteiger partial charge on any atom is -0.390 e. The summed E-state index contributed by atoms with van der Waals surface area (Å²) in [6.45, 7) is 1.94. The zero-order valence-electron chi connectivity index (χ0n) is 18.4. The highest BCUT2D eigenvalue weighted by atomic mass is 35.5. The Labute approximate surface area is 204 Å². The first kappa shape index (κ1) is 25.2. The van der Waals surface area contributed by atoms with Crippen molar-refractivity contribution in [2.24, 2.45) is 0 Å². The van der Waals surface area contributed by atoms with Crippen LogP contribution in [0.5, 0.6) is 0 Å². The van der Waals surface area contributed by atoms with Gasteiger partial charge >= 0.3 is 6.18 Å². The van der Waals surface area contributed by atoms with Crippen molar-refractivity contribution in [3.63, 3.8) is 0 Å². The molecule has 0 radical (unpaired) electrons. The second-order valence-electron chi connectivity index (χ2n) is 8.47. The highest BCUT2D eigenvalue weighted by Gasteiger charge is 2.36. The first-order chi connectivity index (χ1) is 16.3. The highest BCUT2D eigenvalue weighted by molar-refractivity contribution is 7.89. The molecule has 0 spiro atoms. The number of anilines is 3. The number of aromatic nitrogens is 3. The molecule has 3 aromatic rings. The molecule has 1 saturated heterocycles. The van der Waals surface area contributed by atoms with Gasteiger partial charge in [-0.1, -0.05) is 23.7 Å². The maximum absolute atomic E-state index is 13.9. The van der Waals surface area contributed by atoms with Crippen molar-refractivity contribution in [3.8, 4) is 11.1 Å². The van der Waals surface area contributed by atoms with Gasteiger partial charge in [-0.05, 0) is 49.6 Å². The number of rotatable bonds is 5. The molecular weight excluding hydrogens is 509 g/mol. The van der Waals surface area contributed by atoms with Crippen molar-refractivity contribution >= 4 is 39.2 Å². The summed E-state index contributed by atoms with van der Waals surface area (Å²) in [7, 11) is -3.87. The Hall–Kier alpha value is -2.87. The van der Waals surface area contributed by atoms with Crippen LogP contribution in [0, 0.1) is 0 Å². The van der Waals surface area contributed by atoms with Crippen LogP contribution in [0.25, 0.3) is 11.1 Å². The average molecular weight is 531 g/mol. The number of hydrogen-bond acceptors (Lipinski definition) is 7. The number of piperidine rings is 1. The Balaban J connectivity index is 1.66. The number of nitrogen functional groups attached to an aromatic ring is 1. The number of halogens is 4. The Morgan fingerprint density at radius 1 is 1.20 bits per heavy atom. The van der Waals surface area contributed by atoms with E-state index >= 15 is 0 Å². The molecule has 1 aliphatic heterocycles. The summed E-state index contributed by atoms with van der Waals surface area (Å²) < 4.78 is 69.0. The number of H-pyrrole nitrogens is 1. The summed E-state index contributed by atoms with van der Waals surface area (Å²) in [6.07, 6.45) is -4.19. The highest BCUT2D eigenvalue weighted by Crippen LogP contribution is 2.43. The molecule has 0 unspecified atom stereocenters. The second-order valence-corrected chi connectivity index (χ2v) is 10.8. The molecule has 1 aliphatic rings. The smallest absolute Gasteiger partial charge is 0.390 e. The van der Waals surface area contributed by atoms with Crippen LogP contribution >= 0.6 is 11.6 Å². The van der Waals surface area contributed by atoms with Crippen LogP contribution in [0.4, 0.5) is 30.8 Å². The lowest BCUT2D eigenvalue weighted by Crippen LogP contribution is -2.45. The van der Waals surface area contributed by atoms with Crippen molar-refractivity contribution < 1.29 is 26.7 Å². The molecule has 1 aromatic heterocycles. The predicted octanol–water partition coefficient (Wildman–Crippen LogP) is 4.01. The van der Waals surface area contributed by atoms with E-state index in [1.54, 1.807) is 6.92 Å². The Morgan fingerprint density at radius 3 is 2.37 bits per heavy atom. The molecule has 35 heavy (non-hydrogen) atoms. The summed E-state index contributed by atoms with van der Waals surface area (Å²) >= 11 is 6.26. The van der Waals surface area contributed by atoms with Gasteiger partial charge in [0, 0.05) is 24.3 Å². The monoisotopic (exact) mass is 530 g/mol. The molecule has 0 bridgehead atoms. The fourth-order valence-electron chi connectivity index (χ4n) is 3.81. The van der Waals surface area contributed by atoms with E-state index in [9.17, 15) is 26.7 Å². The SMILES string of the molecule is CC1(O)CCN(S(=O)(=O)c2ccc(-c3c(Cl)cc(Nc4n[nH]c(N)n4)cc3C(F)(F)F)cc2)CC1. The second kappa shape index (κ2) is 8.97. The van der Waals surface area contributed by atoms with E-state index in [2.05, 4.69) is 20.5 Å². The Morgan fingerprint density at radius 2 is 1.83 bits per heavy atom. The van der Waals surface area contributed by atoms with Gasteiger partial charge in [-0.25, -0.2) is 13.5 Å². The summed E-state index contributed by atoms with van der Waals surface area (Å²) in [4.78, 5) is 3.73. The molecule has 4 rings (SSSR count). The van der Waals surface area contributed by atoms with Gasteiger partial charge in [-0.15, -0.1) is 5.10 Å². The van der Waals surface area contributed by atoms with E-state index in [-0.39, 0.29) is 64.6 Å². The maximum atomic E-state index is 13.9. The summed E-state index contributed by atoms with van der Waals surface area (Å²) in [5.41, 5.74) is 3.27. The first-order valence-electron chi connectivity index (χ1n) is 10.4. The van der Waals surface area contributed by atoms with Gasteiger partial charge in [0.15, 0.2) is 0 Å². The van der Waals surface area contributed by atoms with E-state index in [0.29, 0.717) is 0 Å². The van der Waals surface area contributed by atoms with Gasteiger partial charge in [0.2, 0.25) is 21.9 Å². The largest absolute Gasteiger partial charge is 0.417 e. The number of aromatic amines is 1. The molecule has 0 saturated carbocycles. The van der Waals surface area contributed by atoms with E-state index in [1.807, 2.05) is 0 Å². The number of benzene rings is 2. The van der Waals surface area contributed by atoms with Crippen molar-refractivity contribution in [1.82, 2.24) is 19.5 Å². The number of hydrogen-bond donors (Lipinski definition) is 4. The zero-order valence-corrected chi connectivity index (χ0v) is 20.0. The maximum Gasteiger partial charge on any atom is 0.417 e. The number of sulfonamides is 1. The number of alkyl halides is 3. The fraction of sp³-hybridized carbons (Fsp3) is 0.333. The van der Waals surface area contributed by atoms with Crippen molar-refractivity contribution in [2.45, 2.75) is 36.4 Å². The van der Waals surface area contributed by atoms with E-state index in [4.69, 9.17) is 17.3 Å². The number of nitrogens with zero attached hydrogens (tertiary/aromatic N) is 3. The zero-order chi connectivity index (χ0) is 25.6. The molecule has 0 amide bonds. The average Bonchev–Trinajstić information content (AvgIpc) is 3.17. The third-order valence-corrected chi connectivity index (χ3v) is 7.95. The summed E-state index contributed by atoms with van der Waals surface area (Å²) in [5, 5.41) is 18.6. The van der Waals surface area contributed by atoms with Crippen LogP contribution < -0.4 is 11.1 Å². The molecule has 2 aromatic carbocycles. The first-order valence-corrected chi connectivity index (χ1v) is 12.3. The summed E-state index contributed by atoms with van der Waals surface area (Å²) in [6, 6.07) is 7.20. The number of nitrogens with two attached hydrogens (primary N) is 1. The van der Waals surface area contributed by atoms with E-state index in [1.165, 1.54) is 34.6 Å². The van der Waals surface area contributed by atoms with Crippen LogP contribution in [0.3, 0.4) is 0 Å². The lowest BCUT2D eigenvalue weighted by Gasteiger charge is -2.35. The molecule has 9 nitrogen and oxygen atoms in total. The summed E-state index contributed by atoms with van der Waals surface area (Å²) in [5.74, 6) is -0.0514. The number of aliphatic hydroxyl groups is 1. The third kappa shape index (κ3) is 5.37. The Kier molecular flexibility index (Phi) is 6.47. The van der Waals surface area contributed by atoms with Crippen LogP contribution in [-0.2, 0) is 16.2 Å². The van der Waals surface area contributed by atoms with Crippen LogP contribution in [-0.4, -0.2) is 51.7 Å². The van der Waals surface area contributed by atoms with E-state index in [0.717, 1.165) is 6.07 Å². The van der Waals surface area contributed by atoms with Crippen LogP contribution in [0.15, 0.2) is 41.3 Å². The molecular formula is C21H22ClF3N6O3S. The molecule has 0 atom stereocenters. The quantitative estimate of drug-likeness (QED) is 0.391. The predicted molar refractivity (Wildman–Crippen MR) is 125 cm³/mol. The lowest BCUT2D eigenvalue weighted by atomic mass is 9.95. The van der Waals surface area contributed by atoms with Gasteiger partial charge in [0.05, 0.1) is 21.1 Å². The van der Waals surface area contributed by atoms with Crippen molar-refractivity contribution in [3.05, 3.63) is 47.0 Å². The molecule has 0 aliphatic carbocycles. The minimum atomic E-state index is -4.76. The van der Waals surface area contributed by atoms with E-state index < -0.39 is 27.4 Å². The number of nitrogens with one attached hydrogen (secondary N) is 2. The fourth-order valence-corrected chi connectivity index (χ4v) is 5.58. The normalized spacial score (nSPS) is 16.9. The lowest BCUT2D eigenvalue weighted by molar-refractivity contribution is -0.137. The van der Waals surface area contributed by atoms with Gasteiger partial charge < -0.3 is 16.2 Å². The standard InChI is InChI=1S/C21H22ClF3N6O3S/c1-20(32)6-8-31(9-7-20)35(33,34)14-4-2-12(3-5-14)17-15(21(23,24)25)10-13(11-16(17)22)27-19-28-18(26)29-30-19/h2-5,10-11,32H,6-9H2,1H3,(H4,26,27,28,29,30).